The summed E-state index contributed by atoms with van der Waals surface area (Å²) < 4.78 is 0. The Hall–Kier alpha value is -1.37. The van der Waals surface area contributed by atoms with E-state index in [0.29, 0.717) is 6.42 Å². The number of benzene rings is 1. The molecule has 0 N–H and O–H groups in total. The highest BCUT2D eigenvalue weighted by Crippen LogP contribution is 2.17. The summed E-state index contributed by atoms with van der Waals surface area (Å²) in [5, 5.41) is 0. The van der Waals surface area contributed by atoms with E-state index in [-0.39, 0.29) is 5.78 Å². The van der Waals surface area contributed by atoms with Crippen LogP contribution in [0.3, 0.4) is 0 Å². The lowest BCUT2D eigenvalue weighted by atomic mass is 9.99. The number of hydrogen-bond acceptors (Lipinski definition) is 1. The lowest BCUT2D eigenvalue weighted by Gasteiger charge is -2.06. The van der Waals surface area contributed by atoms with E-state index in [1.165, 1.54) is 22.3 Å². The van der Waals surface area contributed by atoms with Gasteiger partial charge < -0.3 is 0 Å². The minimum atomic E-state index is 0.175. The van der Waals surface area contributed by atoms with Crippen molar-refractivity contribution >= 4 is 11.9 Å². The van der Waals surface area contributed by atoms with Crippen LogP contribution in [0.5, 0.6) is 0 Å². The lowest BCUT2D eigenvalue weighted by molar-refractivity contribution is -0.114. The molecule has 0 aliphatic rings. The van der Waals surface area contributed by atoms with Crippen LogP contribution in [0.4, 0.5) is 0 Å². The number of allylic oxidation sites excluding steroid dienone is 1. The van der Waals surface area contributed by atoms with Gasteiger partial charge in [0, 0.05) is 6.42 Å². The Labute approximate surface area is 91.8 Å². The summed E-state index contributed by atoms with van der Waals surface area (Å²) >= 11 is 0. The molecule has 1 aromatic carbocycles. The predicted octanol–water partition coefficient (Wildman–Crippen LogP) is 3.60. The van der Waals surface area contributed by atoms with Crippen molar-refractivity contribution in [2.75, 3.05) is 0 Å². The summed E-state index contributed by atoms with van der Waals surface area (Å²) in [6.07, 6.45) is 4.17. The van der Waals surface area contributed by atoms with Gasteiger partial charge >= 0.3 is 0 Å². The molecule has 0 unspecified atom stereocenters. The fraction of sp³-hybridized carbons (Fsp3) is 0.357. The van der Waals surface area contributed by atoms with Crippen LogP contribution in [0, 0.1) is 20.8 Å². The van der Waals surface area contributed by atoms with Crippen molar-refractivity contribution in [2.45, 2.75) is 34.1 Å². The quantitative estimate of drug-likeness (QED) is 0.684. The molecule has 0 heterocycles. The molecule has 0 aliphatic heterocycles. The van der Waals surface area contributed by atoms with E-state index in [2.05, 4.69) is 32.9 Å². The number of ketones is 1. The molecule has 15 heavy (non-hydrogen) atoms. The second kappa shape index (κ2) is 4.92. The number of hydrogen-bond donors (Lipinski definition) is 0. The third-order valence-electron chi connectivity index (χ3n) is 2.52. The molecule has 1 nitrogen and oxygen atoms in total. The first-order chi connectivity index (χ1) is 7.04. The fourth-order valence-electron chi connectivity index (χ4n) is 1.75. The summed E-state index contributed by atoms with van der Waals surface area (Å²) in [5.74, 6) is 0.175. The van der Waals surface area contributed by atoms with Crippen LogP contribution < -0.4 is 0 Å². The topological polar surface area (TPSA) is 17.1 Å². The van der Waals surface area contributed by atoms with Crippen molar-refractivity contribution in [3.05, 3.63) is 40.5 Å². The zero-order valence-corrected chi connectivity index (χ0v) is 9.92. The molecule has 0 spiro atoms. The van der Waals surface area contributed by atoms with E-state index in [4.69, 9.17) is 0 Å². The highest BCUT2D eigenvalue weighted by atomic mass is 16.1. The monoisotopic (exact) mass is 202 g/mol. The maximum atomic E-state index is 11.2. The van der Waals surface area contributed by atoms with Gasteiger partial charge in [0.05, 0.1) is 0 Å². The summed E-state index contributed by atoms with van der Waals surface area (Å²) in [6.45, 7) is 8.12. The molecule has 0 radical (unpaired) electrons. The van der Waals surface area contributed by atoms with Gasteiger partial charge in [0.1, 0.15) is 0 Å². The summed E-state index contributed by atoms with van der Waals surface area (Å²) in [4.78, 5) is 11.2. The maximum Gasteiger partial charge on any atom is 0.155 e. The average molecular weight is 202 g/mol. The van der Waals surface area contributed by atoms with E-state index in [1.807, 2.05) is 13.0 Å². The molecule has 1 aromatic rings. The Kier molecular flexibility index (Phi) is 3.84. The van der Waals surface area contributed by atoms with Gasteiger partial charge in [-0.2, -0.15) is 0 Å². The SMILES string of the molecule is CCC(=O)C=Cc1c(C)cc(C)cc1C. The van der Waals surface area contributed by atoms with Crippen LogP contribution in [0.25, 0.3) is 6.08 Å². The van der Waals surface area contributed by atoms with Crippen LogP contribution in [0.1, 0.15) is 35.6 Å². The largest absolute Gasteiger partial charge is 0.295 e. The maximum absolute atomic E-state index is 11.2. The van der Waals surface area contributed by atoms with Crippen molar-refractivity contribution < 1.29 is 4.79 Å². The fourth-order valence-corrected chi connectivity index (χ4v) is 1.75. The Morgan fingerprint density at radius 2 is 1.73 bits per heavy atom. The summed E-state index contributed by atoms with van der Waals surface area (Å²) in [7, 11) is 0. The lowest BCUT2D eigenvalue weighted by Crippen LogP contribution is -1.91. The first-order valence-electron chi connectivity index (χ1n) is 5.33. The second-order valence-corrected chi connectivity index (χ2v) is 3.97. The predicted molar refractivity (Wildman–Crippen MR) is 65.0 cm³/mol. The normalized spacial score (nSPS) is 10.9. The van der Waals surface area contributed by atoms with Crippen LogP contribution in [0.15, 0.2) is 18.2 Å². The van der Waals surface area contributed by atoms with Gasteiger partial charge in [0.2, 0.25) is 0 Å². The van der Waals surface area contributed by atoms with Gasteiger partial charge in [0.15, 0.2) is 5.78 Å². The molecule has 0 aromatic heterocycles. The molecule has 0 fully saturated rings. The van der Waals surface area contributed by atoms with Gasteiger partial charge in [-0.05, 0) is 43.5 Å². The highest BCUT2D eigenvalue weighted by Gasteiger charge is 2.00. The minimum Gasteiger partial charge on any atom is -0.295 e. The molecule has 0 atom stereocenters. The van der Waals surface area contributed by atoms with Crippen molar-refractivity contribution in [1.82, 2.24) is 0 Å². The van der Waals surface area contributed by atoms with Crippen molar-refractivity contribution in [2.24, 2.45) is 0 Å². The number of aryl methyl sites for hydroxylation is 3. The standard InChI is InChI=1S/C14H18O/c1-5-13(15)6-7-14-11(3)8-10(2)9-12(14)4/h6-9H,5H2,1-4H3. The number of carbonyl (C=O) groups excluding carboxylic acids is 1. The molecular weight excluding hydrogens is 184 g/mol. The molecule has 1 heteroatoms. The molecule has 1 rings (SSSR count). The number of carbonyl (C=O) groups is 1. The zero-order valence-electron chi connectivity index (χ0n) is 9.92. The first-order valence-corrected chi connectivity index (χ1v) is 5.33. The van der Waals surface area contributed by atoms with Gasteiger partial charge in [-0.1, -0.05) is 30.7 Å². The van der Waals surface area contributed by atoms with E-state index in [0.717, 1.165) is 0 Å². The van der Waals surface area contributed by atoms with Crippen molar-refractivity contribution in [1.29, 1.82) is 0 Å². The average Bonchev–Trinajstić information content (AvgIpc) is 2.15. The van der Waals surface area contributed by atoms with Crippen LogP contribution in [-0.2, 0) is 4.79 Å². The highest BCUT2D eigenvalue weighted by molar-refractivity contribution is 5.93. The van der Waals surface area contributed by atoms with Crippen molar-refractivity contribution in [3.8, 4) is 0 Å². The third-order valence-corrected chi connectivity index (χ3v) is 2.52. The van der Waals surface area contributed by atoms with E-state index >= 15 is 0 Å². The van der Waals surface area contributed by atoms with Gasteiger partial charge in [-0.15, -0.1) is 0 Å². The van der Waals surface area contributed by atoms with E-state index in [1.54, 1.807) is 6.08 Å². The van der Waals surface area contributed by atoms with E-state index < -0.39 is 0 Å². The van der Waals surface area contributed by atoms with Gasteiger partial charge in [-0.3, -0.25) is 4.79 Å². The number of rotatable bonds is 3. The first kappa shape index (κ1) is 11.7. The van der Waals surface area contributed by atoms with Crippen LogP contribution >= 0.6 is 0 Å². The zero-order chi connectivity index (χ0) is 11.4. The summed E-state index contributed by atoms with van der Waals surface area (Å²) in [6, 6.07) is 4.28. The van der Waals surface area contributed by atoms with Gasteiger partial charge in [-0.25, -0.2) is 0 Å². The molecule has 0 saturated carbocycles. The van der Waals surface area contributed by atoms with Crippen LogP contribution in [0.2, 0.25) is 0 Å². The Morgan fingerprint density at radius 3 is 2.20 bits per heavy atom. The van der Waals surface area contributed by atoms with E-state index in [9.17, 15) is 4.79 Å². The Bertz CT molecular complexity index is 377. The minimum absolute atomic E-state index is 0.175. The van der Waals surface area contributed by atoms with Gasteiger partial charge in [0.25, 0.3) is 0 Å². The molecule has 0 saturated heterocycles. The summed E-state index contributed by atoms with van der Waals surface area (Å²) in [5.41, 5.74) is 4.90. The third kappa shape index (κ3) is 3.05. The molecule has 0 aliphatic carbocycles. The Balaban J connectivity index is 3.05. The van der Waals surface area contributed by atoms with Crippen molar-refractivity contribution in [3.63, 3.8) is 0 Å². The smallest absolute Gasteiger partial charge is 0.155 e. The van der Waals surface area contributed by atoms with Crippen LogP contribution in [-0.4, -0.2) is 5.78 Å². The molecular formula is C14H18O. The second-order valence-electron chi connectivity index (χ2n) is 3.97. The molecule has 80 valence electrons. The Morgan fingerprint density at radius 1 is 1.20 bits per heavy atom. The molecule has 0 amide bonds. The molecule has 0 bridgehead atoms.